The first-order chi connectivity index (χ1) is 8.19. The predicted molar refractivity (Wildman–Crippen MR) is 65.1 cm³/mol. The van der Waals surface area contributed by atoms with Crippen LogP contribution in [0.15, 0.2) is 24.3 Å². The Hall–Kier alpha value is -1.75. The number of hydrogen-bond donors (Lipinski definition) is 2. The van der Waals surface area contributed by atoms with Crippen LogP contribution in [0.3, 0.4) is 0 Å². The van der Waals surface area contributed by atoms with Crippen molar-refractivity contribution in [2.45, 2.75) is 12.5 Å². The van der Waals surface area contributed by atoms with Crippen LogP contribution in [0.25, 0.3) is 0 Å². The summed E-state index contributed by atoms with van der Waals surface area (Å²) in [6.07, 6.45) is 0.518. The number of benzene rings is 1. The maximum Gasteiger partial charge on any atom is 0.234 e. The Balaban J connectivity index is 2.47. The van der Waals surface area contributed by atoms with Gasteiger partial charge in [-0.25, -0.2) is 0 Å². The van der Waals surface area contributed by atoms with Crippen LogP contribution in [0.5, 0.6) is 11.5 Å². The molecule has 0 spiro atoms. The van der Waals surface area contributed by atoms with Gasteiger partial charge in [-0.05, 0) is 19.2 Å². The Labute approximate surface area is 101 Å². The smallest absolute Gasteiger partial charge is 0.234 e. The Morgan fingerprint density at radius 1 is 1.41 bits per heavy atom. The minimum Gasteiger partial charge on any atom is -0.493 e. The van der Waals surface area contributed by atoms with Crippen LogP contribution in [0, 0.1) is 0 Å². The molecular formula is C12H18N2O3. The van der Waals surface area contributed by atoms with Crippen LogP contribution in [-0.2, 0) is 4.79 Å². The third kappa shape index (κ3) is 3.96. The highest BCUT2D eigenvalue weighted by atomic mass is 16.5. The molecule has 1 atom stereocenters. The predicted octanol–water partition coefficient (Wildman–Crippen LogP) is 0.537. The van der Waals surface area contributed by atoms with E-state index in [0.717, 1.165) is 0 Å². The van der Waals surface area contributed by atoms with E-state index in [9.17, 15) is 4.79 Å². The van der Waals surface area contributed by atoms with Gasteiger partial charge in [0, 0.05) is 6.42 Å². The molecule has 0 saturated heterocycles. The molecule has 1 amide bonds. The summed E-state index contributed by atoms with van der Waals surface area (Å²) in [7, 11) is 3.28. The summed E-state index contributed by atoms with van der Waals surface area (Å²) in [6.45, 7) is 0.398. The summed E-state index contributed by atoms with van der Waals surface area (Å²) >= 11 is 0. The number of likely N-dealkylation sites (N-methyl/N-ethyl adjacent to an activating group) is 1. The molecule has 3 N–H and O–H groups in total. The second-order valence-electron chi connectivity index (χ2n) is 3.53. The average Bonchev–Trinajstić information content (AvgIpc) is 2.34. The van der Waals surface area contributed by atoms with Gasteiger partial charge >= 0.3 is 0 Å². The summed E-state index contributed by atoms with van der Waals surface area (Å²) in [4.78, 5) is 11.0. The number of carbonyl (C=O) groups is 1. The number of methoxy groups -OCH3 is 1. The van der Waals surface area contributed by atoms with Crippen molar-refractivity contribution < 1.29 is 14.3 Å². The van der Waals surface area contributed by atoms with Crippen molar-refractivity contribution in [2.75, 3.05) is 20.8 Å². The van der Waals surface area contributed by atoms with Crippen molar-refractivity contribution in [3.05, 3.63) is 24.3 Å². The number of rotatable bonds is 7. The fourth-order valence-corrected chi connectivity index (χ4v) is 1.45. The molecule has 0 saturated carbocycles. The molecule has 5 heteroatoms. The van der Waals surface area contributed by atoms with E-state index in [-0.39, 0.29) is 11.9 Å². The zero-order valence-electron chi connectivity index (χ0n) is 10.1. The number of nitrogens with two attached hydrogens (primary N) is 1. The Kier molecular flexibility index (Phi) is 5.29. The molecule has 1 aromatic rings. The maximum absolute atomic E-state index is 11.0. The Bertz CT molecular complexity index is 369. The number of para-hydroxylation sites is 2. The van der Waals surface area contributed by atoms with E-state index in [1.54, 1.807) is 14.2 Å². The van der Waals surface area contributed by atoms with Crippen molar-refractivity contribution in [1.29, 1.82) is 0 Å². The average molecular weight is 238 g/mol. The van der Waals surface area contributed by atoms with E-state index in [0.29, 0.717) is 24.5 Å². The second kappa shape index (κ2) is 6.75. The van der Waals surface area contributed by atoms with Crippen LogP contribution >= 0.6 is 0 Å². The number of hydrogen-bond acceptors (Lipinski definition) is 4. The highest BCUT2D eigenvalue weighted by molar-refractivity contribution is 5.79. The molecule has 0 aliphatic rings. The minimum absolute atomic E-state index is 0.371. The zero-order valence-corrected chi connectivity index (χ0v) is 10.1. The van der Waals surface area contributed by atoms with Crippen LogP contribution in [0.4, 0.5) is 0 Å². The quantitative estimate of drug-likeness (QED) is 0.727. The topological polar surface area (TPSA) is 73.6 Å². The lowest BCUT2D eigenvalue weighted by Crippen LogP contribution is -2.40. The summed E-state index contributed by atoms with van der Waals surface area (Å²) in [5.41, 5.74) is 5.20. The number of carbonyl (C=O) groups excluding carboxylic acids is 1. The molecule has 1 rings (SSSR count). The molecule has 0 radical (unpaired) electrons. The van der Waals surface area contributed by atoms with Gasteiger partial charge < -0.3 is 20.5 Å². The lowest BCUT2D eigenvalue weighted by molar-refractivity contribution is -0.120. The molecule has 1 unspecified atom stereocenters. The molecule has 0 fully saturated rings. The number of amides is 1. The number of primary amides is 1. The van der Waals surface area contributed by atoms with Gasteiger partial charge in [-0.3, -0.25) is 4.79 Å². The first-order valence-electron chi connectivity index (χ1n) is 5.41. The standard InChI is InChI=1S/C12H18N2O3/c1-14-9(12(13)15)7-8-17-11-6-4-3-5-10(11)16-2/h3-6,9,14H,7-8H2,1-2H3,(H2,13,15). The Morgan fingerprint density at radius 3 is 2.59 bits per heavy atom. The summed E-state index contributed by atoms with van der Waals surface area (Å²) < 4.78 is 10.7. The summed E-state index contributed by atoms with van der Waals surface area (Å²) in [5.74, 6) is 0.957. The highest BCUT2D eigenvalue weighted by Crippen LogP contribution is 2.25. The van der Waals surface area contributed by atoms with E-state index < -0.39 is 0 Å². The van der Waals surface area contributed by atoms with Crippen molar-refractivity contribution in [3.8, 4) is 11.5 Å². The van der Waals surface area contributed by atoms with E-state index >= 15 is 0 Å². The van der Waals surface area contributed by atoms with Gasteiger partial charge in [0.05, 0.1) is 19.8 Å². The van der Waals surface area contributed by atoms with Gasteiger partial charge in [0.2, 0.25) is 5.91 Å². The van der Waals surface area contributed by atoms with Gasteiger partial charge in [-0.2, -0.15) is 0 Å². The van der Waals surface area contributed by atoms with Crippen LogP contribution < -0.4 is 20.5 Å². The molecular weight excluding hydrogens is 220 g/mol. The molecule has 0 aliphatic carbocycles. The van der Waals surface area contributed by atoms with E-state index in [1.807, 2.05) is 24.3 Å². The molecule has 17 heavy (non-hydrogen) atoms. The molecule has 94 valence electrons. The molecule has 0 bridgehead atoms. The fraction of sp³-hybridized carbons (Fsp3) is 0.417. The Morgan fingerprint density at radius 2 is 2.06 bits per heavy atom. The van der Waals surface area contributed by atoms with E-state index in [2.05, 4.69) is 5.32 Å². The largest absolute Gasteiger partial charge is 0.493 e. The van der Waals surface area contributed by atoms with Crippen molar-refractivity contribution >= 4 is 5.91 Å². The number of nitrogens with one attached hydrogen (secondary N) is 1. The molecule has 5 nitrogen and oxygen atoms in total. The third-order valence-electron chi connectivity index (χ3n) is 2.43. The monoisotopic (exact) mass is 238 g/mol. The zero-order chi connectivity index (χ0) is 12.7. The minimum atomic E-state index is -0.379. The summed E-state index contributed by atoms with van der Waals surface area (Å²) in [5, 5.41) is 2.83. The normalized spacial score (nSPS) is 11.9. The molecule has 0 heterocycles. The van der Waals surface area contributed by atoms with Gasteiger partial charge in [0.1, 0.15) is 0 Å². The number of ether oxygens (including phenoxy) is 2. The second-order valence-corrected chi connectivity index (χ2v) is 3.53. The highest BCUT2D eigenvalue weighted by Gasteiger charge is 2.12. The van der Waals surface area contributed by atoms with Gasteiger partial charge in [0.25, 0.3) is 0 Å². The van der Waals surface area contributed by atoms with E-state index in [4.69, 9.17) is 15.2 Å². The van der Waals surface area contributed by atoms with Crippen LogP contribution in [0.1, 0.15) is 6.42 Å². The van der Waals surface area contributed by atoms with Gasteiger partial charge in [0.15, 0.2) is 11.5 Å². The van der Waals surface area contributed by atoms with Crippen molar-refractivity contribution in [1.82, 2.24) is 5.32 Å². The molecule has 0 aromatic heterocycles. The van der Waals surface area contributed by atoms with Crippen molar-refractivity contribution in [3.63, 3.8) is 0 Å². The van der Waals surface area contributed by atoms with Crippen LogP contribution in [0.2, 0.25) is 0 Å². The third-order valence-corrected chi connectivity index (χ3v) is 2.43. The summed E-state index contributed by atoms with van der Waals surface area (Å²) in [6, 6.07) is 6.99. The lowest BCUT2D eigenvalue weighted by Gasteiger charge is -2.14. The first-order valence-corrected chi connectivity index (χ1v) is 5.41. The fourth-order valence-electron chi connectivity index (χ4n) is 1.45. The van der Waals surface area contributed by atoms with Crippen molar-refractivity contribution in [2.24, 2.45) is 5.73 Å². The first kappa shape index (κ1) is 13.3. The van der Waals surface area contributed by atoms with Crippen LogP contribution in [-0.4, -0.2) is 32.7 Å². The van der Waals surface area contributed by atoms with Gasteiger partial charge in [-0.1, -0.05) is 12.1 Å². The molecule has 0 aliphatic heterocycles. The SMILES string of the molecule is CNC(CCOc1ccccc1OC)C(N)=O. The molecule has 1 aromatic carbocycles. The van der Waals surface area contributed by atoms with Gasteiger partial charge in [-0.15, -0.1) is 0 Å². The van der Waals surface area contributed by atoms with E-state index in [1.165, 1.54) is 0 Å². The maximum atomic E-state index is 11.0. The lowest BCUT2D eigenvalue weighted by atomic mass is 10.2.